The first-order chi connectivity index (χ1) is 15.5. The molecule has 0 aliphatic heterocycles. The Kier molecular flexibility index (Phi) is 4.85. The summed E-state index contributed by atoms with van der Waals surface area (Å²) in [6.07, 6.45) is 5.76. The van der Waals surface area contributed by atoms with Gasteiger partial charge in [0.1, 0.15) is 18.0 Å². The van der Waals surface area contributed by atoms with E-state index in [0.717, 1.165) is 39.8 Å². The average Bonchev–Trinajstić information content (AvgIpc) is 3.31. The molecule has 0 atom stereocenters. The predicted octanol–water partition coefficient (Wildman–Crippen LogP) is 4.36. The highest BCUT2D eigenvalue weighted by Crippen LogP contribution is 2.31. The van der Waals surface area contributed by atoms with Crippen LogP contribution in [-0.4, -0.2) is 34.5 Å². The molecule has 0 unspecified atom stereocenters. The van der Waals surface area contributed by atoms with Gasteiger partial charge in [0, 0.05) is 35.8 Å². The summed E-state index contributed by atoms with van der Waals surface area (Å²) < 4.78 is 17.0. The van der Waals surface area contributed by atoms with Gasteiger partial charge in [-0.05, 0) is 43.7 Å². The van der Waals surface area contributed by atoms with Crippen molar-refractivity contribution in [3.8, 4) is 17.1 Å². The first-order valence-electron chi connectivity index (χ1n) is 10.3. The molecule has 0 saturated heterocycles. The number of aryl methyl sites for hydroxylation is 2. The van der Waals surface area contributed by atoms with Gasteiger partial charge in [0.2, 0.25) is 0 Å². The minimum Gasteiger partial charge on any atom is -0.323 e. The van der Waals surface area contributed by atoms with Crippen LogP contribution in [0, 0.1) is 12.7 Å². The lowest BCUT2D eigenvalue weighted by Gasteiger charge is -2.08. The number of hydrogen-bond acceptors (Lipinski definition) is 6. The molecule has 0 saturated carbocycles. The van der Waals surface area contributed by atoms with Crippen molar-refractivity contribution in [2.45, 2.75) is 20.3 Å². The Bertz CT molecular complexity index is 1420. The van der Waals surface area contributed by atoms with E-state index in [1.165, 1.54) is 18.5 Å². The number of nitrogens with one attached hydrogen (secondary N) is 1. The van der Waals surface area contributed by atoms with Crippen LogP contribution in [0.3, 0.4) is 0 Å². The molecule has 0 fully saturated rings. The minimum absolute atomic E-state index is 0.266. The molecular weight excluding hydrogens is 407 g/mol. The van der Waals surface area contributed by atoms with Gasteiger partial charge in [0.05, 0.1) is 23.1 Å². The van der Waals surface area contributed by atoms with Crippen molar-refractivity contribution in [1.29, 1.82) is 0 Å². The maximum atomic E-state index is 13.4. The zero-order valence-corrected chi connectivity index (χ0v) is 17.9. The summed E-state index contributed by atoms with van der Waals surface area (Å²) >= 11 is 0. The topological polar surface area (TPSA) is 86.3 Å². The van der Waals surface area contributed by atoms with Crippen LogP contribution in [0.4, 0.5) is 16.0 Å². The van der Waals surface area contributed by atoms with Crippen LogP contribution in [0.15, 0.2) is 55.1 Å². The van der Waals surface area contributed by atoms with Crippen molar-refractivity contribution in [3.63, 3.8) is 0 Å². The van der Waals surface area contributed by atoms with Gasteiger partial charge in [-0.1, -0.05) is 6.92 Å². The number of benzene rings is 1. The molecule has 1 N–H and O–H groups in total. The van der Waals surface area contributed by atoms with Gasteiger partial charge in [0.15, 0.2) is 11.6 Å². The molecule has 0 amide bonds. The largest absolute Gasteiger partial charge is 0.323 e. The maximum Gasteiger partial charge on any atom is 0.159 e. The van der Waals surface area contributed by atoms with E-state index in [9.17, 15) is 4.39 Å². The number of pyridine rings is 1. The van der Waals surface area contributed by atoms with Gasteiger partial charge >= 0.3 is 0 Å². The van der Waals surface area contributed by atoms with Crippen molar-refractivity contribution in [2.24, 2.45) is 7.05 Å². The average molecular weight is 428 g/mol. The molecule has 4 heterocycles. The van der Waals surface area contributed by atoms with Crippen LogP contribution in [0.2, 0.25) is 0 Å². The predicted molar refractivity (Wildman–Crippen MR) is 120 cm³/mol. The van der Waals surface area contributed by atoms with E-state index < -0.39 is 0 Å². The Balaban J connectivity index is 1.53. The molecule has 5 aromatic rings. The van der Waals surface area contributed by atoms with E-state index in [-0.39, 0.29) is 5.82 Å². The summed E-state index contributed by atoms with van der Waals surface area (Å²) in [7, 11) is 1.88. The smallest absolute Gasteiger partial charge is 0.159 e. The number of aromatic nitrogens is 7. The van der Waals surface area contributed by atoms with Crippen LogP contribution in [-0.2, 0) is 13.5 Å². The van der Waals surface area contributed by atoms with Crippen molar-refractivity contribution in [3.05, 3.63) is 72.2 Å². The number of anilines is 2. The Labute approximate surface area is 183 Å². The van der Waals surface area contributed by atoms with Gasteiger partial charge < -0.3 is 5.32 Å². The Hall–Kier alpha value is -4.14. The van der Waals surface area contributed by atoms with Crippen LogP contribution >= 0.6 is 0 Å². The Morgan fingerprint density at radius 1 is 1.06 bits per heavy atom. The molecule has 0 radical (unpaired) electrons. The Morgan fingerprint density at radius 3 is 2.66 bits per heavy atom. The molecule has 0 spiro atoms. The summed E-state index contributed by atoms with van der Waals surface area (Å²) in [6.45, 7) is 4.02. The first-order valence-corrected chi connectivity index (χ1v) is 10.3. The number of halogens is 1. The van der Waals surface area contributed by atoms with E-state index in [4.69, 9.17) is 0 Å². The second kappa shape index (κ2) is 7.84. The SMILES string of the molecule is CCc1c(Nc2cc(-n3nc(C)c4ccncc43)ncn2)nn(C)c1-c1ccc(F)cc1. The van der Waals surface area contributed by atoms with Gasteiger partial charge in [-0.3, -0.25) is 9.67 Å². The number of fused-ring (bicyclic) bond motifs is 1. The molecule has 0 bridgehead atoms. The van der Waals surface area contributed by atoms with E-state index in [0.29, 0.717) is 17.5 Å². The highest BCUT2D eigenvalue weighted by atomic mass is 19.1. The second-order valence-electron chi connectivity index (χ2n) is 7.44. The quantitative estimate of drug-likeness (QED) is 0.448. The lowest BCUT2D eigenvalue weighted by atomic mass is 10.1. The number of hydrogen-bond donors (Lipinski definition) is 1. The van der Waals surface area contributed by atoms with Gasteiger partial charge in [-0.2, -0.15) is 10.2 Å². The third-order valence-corrected chi connectivity index (χ3v) is 5.40. The van der Waals surface area contributed by atoms with E-state index in [2.05, 4.69) is 37.4 Å². The fourth-order valence-electron chi connectivity index (χ4n) is 3.92. The standard InChI is InChI=1S/C23H21FN8/c1-4-17-22(15-5-7-16(24)8-6-15)31(3)30-23(17)28-20-11-21(27-13-26-20)32-19-12-25-10-9-18(19)14(2)29-32/h5-13H,4H2,1-3H3,(H,26,27,28,30). The third kappa shape index (κ3) is 3.37. The highest BCUT2D eigenvalue weighted by Gasteiger charge is 2.18. The van der Waals surface area contributed by atoms with Crippen molar-refractivity contribution < 1.29 is 4.39 Å². The lowest BCUT2D eigenvalue weighted by molar-refractivity contribution is 0.628. The lowest BCUT2D eigenvalue weighted by Crippen LogP contribution is -2.04. The van der Waals surface area contributed by atoms with E-state index in [1.54, 1.807) is 33.9 Å². The molecule has 5 rings (SSSR count). The fourth-order valence-corrected chi connectivity index (χ4v) is 3.92. The second-order valence-corrected chi connectivity index (χ2v) is 7.44. The van der Waals surface area contributed by atoms with Gasteiger partial charge in [0.25, 0.3) is 0 Å². The number of rotatable bonds is 5. The van der Waals surface area contributed by atoms with Gasteiger partial charge in [-0.15, -0.1) is 0 Å². The monoisotopic (exact) mass is 428 g/mol. The maximum absolute atomic E-state index is 13.4. The molecule has 32 heavy (non-hydrogen) atoms. The van der Waals surface area contributed by atoms with Crippen molar-refractivity contribution >= 4 is 22.5 Å². The normalized spacial score (nSPS) is 11.2. The molecule has 0 aliphatic carbocycles. The fraction of sp³-hybridized carbons (Fsp3) is 0.174. The summed E-state index contributed by atoms with van der Waals surface area (Å²) in [5.41, 5.74) is 4.63. The molecule has 0 aliphatic rings. The summed E-state index contributed by atoms with van der Waals surface area (Å²) in [5.74, 6) is 1.65. The minimum atomic E-state index is -0.266. The molecule has 160 valence electrons. The molecule has 9 heteroatoms. The summed E-state index contributed by atoms with van der Waals surface area (Å²) in [5, 5.41) is 13.6. The van der Waals surface area contributed by atoms with Crippen molar-refractivity contribution in [1.82, 2.24) is 34.5 Å². The molecule has 4 aromatic heterocycles. The molecule has 8 nitrogen and oxygen atoms in total. The highest BCUT2D eigenvalue weighted by molar-refractivity contribution is 5.82. The van der Waals surface area contributed by atoms with Crippen LogP contribution in [0.1, 0.15) is 18.2 Å². The Morgan fingerprint density at radius 2 is 1.88 bits per heavy atom. The van der Waals surface area contributed by atoms with Crippen LogP contribution in [0.5, 0.6) is 0 Å². The number of nitrogens with zero attached hydrogens (tertiary/aromatic N) is 7. The summed E-state index contributed by atoms with van der Waals surface area (Å²) in [6, 6.07) is 10.2. The molecule has 1 aromatic carbocycles. The van der Waals surface area contributed by atoms with Crippen LogP contribution in [0.25, 0.3) is 28.0 Å². The zero-order valence-electron chi connectivity index (χ0n) is 17.9. The van der Waals surface area contributed by atoms with Crippen LogP contribution < -0.4 is 5.32 Å². The van der Waals surface area contributed by atoms with E-state index >= 15 is 0 Å². The first kappa shape index (κ1) is 19.8. The molecular formula is C23H21FN8. The van der Waals surface area contributed by atoms with E-state index in [1.807, 2.05) is 26.1 Å². The summed E-state index contributed by atoms with van der Waals surface area (Å²) in [4.78, 5) is 13.0. The van der Waals surface area contributed by atoms with Gasteiger partial charge in [-0.25, -0.2) is 19.0 Å². The van der Waals surface area contributed by atoms with Crippen molar-refractivity contribution in [2.75, 3.05) is 5.32 Å². The zero-order chi connectivity index (χ0) is 22.2. The third-order valence-electron chi connectivity index (χ3n) is 5.40.